The van der Waals surface area contributed by atoms with E-state index in [1.165, 1.54) is 47.8 Å². The van der Waals surface area contributed by atoms with Crippen LogP contribution in [0.25, 0.3) is 0 Å². The molecule has 2 aliphatic rings. The number of hydrogen-bond acceptors (Lipinski definition) is 3. The van der Waals surface area contributed by atoms with Gasteiger partial charge in [-0.3, -0.25) is 0 Å². The summed E-state index contributed by atoms with van der Waals surface area (Å²) in [6.07, 6.45) is 9.13. The Hall–Kier alpha value is -0.390. The Morgan fingerprint density at radius 3 is 2.50 bits per heavy atom. The minimum Gasteiger partial charge on any atom is -0.372 e. The summed E-state index contributed by atoms with van der Waals surface area (Å²) < 4.78 is 1.24. The molecule has 0 amide bonds. The van der Waals surface area contributed by atoms with E-state index in [1.54, 1.807) is 0 Å². The Morgan fingerprint density at radius 1 is 1.17 bits per heavy atom. The molecule has 1 N–H and O–H groups in total. The van der Waals surface area contributed by atoms with Crippen molar-refractivity contribution in [2.24, 2.45) is 5.92 Å². The maximum Gasteiger partial charge on any atom is 0.143 e. The lowest BCUT2D eigenvalue weighted by Gasteiger charge is -2.15. The SMILES string of the molecule is CNc1nc(CC2CC2)nc(C2CCCC2)c1I. The lowest BCUT2D eigenvalue weighted by molar-refractivity contribution is 0.668. The molecule has 0 spiro atoms. The van der Waals surface area contributed by atoms with Crippen molar-refractivity contribution in [3.05, 3.63) is 15.1 Å². The Balaban J connectivity index is 1.92. The van der Waals surface area contributed by atoms with Crippen LogP contribution in [0.4, 0.5) is 5.82 Å². The molecule has 3 rings (SSSR count). The Kier molecular flexibility index (Phi) is 3.73. The van der Waals surface area contributed by atoms with E-state index in [2.05, 4.69) is 32.9 Å². The maximum absolute atomic E-state index is 4.88. The molecule has 0 unspecified atom stereocenters. The highest BCUT2D eigenvalue weighted by Crippen LogP contribution is 2.38. The fourth-order valence-electron chi connectivity index (χ4n) is 2.82. The number of nitrogens with zero attached hydrogens (tertiary/aromatic N) is 2. The van der Waals surface area contributed by atoms with Crippen LogP contribution >= 0.6 is 22.6 Å². The molecule has 2 fully saturated rings. The van der Waals surface area contributed by atoms with Gasteiger partial charge in [-0.1, -0.05) is 12.8 Å². The molecule has 2 aliphatic carbocycles. The summed E-state index contributed by atoms with van der Waals surface area (Å²) in [6, 6.07) is 0. The summed E-state index contributed by atoms with van der Waals surface area (Å²) in [6.45, 7) is 0. The molecule has 0 atom stereocenters. The first-order valence-electron chi connectivity index (χ1n) is 7.02. The van der Waals surface area contributed by atoms with Crippen molar-refractivity contribution in [2.45, 2.75) is 50.9 Å². The van der Waals surface area contributed by atoms with Crippen molar-refractivity contribution in [3.8, 4) is 0 Å². The monoisotopic (exact) mass is 357 g/mol. The van der Waals surface area contributed by atoms with E-state index in [0.29, 0.717) is 5.92 Å². The number of anilines is 1. The zero-order chi connectivity index (χ0) is 12.5. The zero-order valence-corrected chi connectivity index (χ0v) is 13.0. The molecular formula is C14H20IN3. The molecule has 0 radical (unpaired) electrons. The molecule has 1 aromatic heterocycles. The standard InChI is InChI=1S/C14H20IN3/c1-16-14-12(15)13(10-4-2-3-5-10)17-11(18-14)8-9-6-7-9/h9-10H,2-8H2,1H3,(H,16,17,18). The first-order chi connectivity index (χ1) is 8.78. The second kappa shape index (κ2) is 5.31. The summed E-state index contributed by atoms with van der Waals surface area (Å²) in [7, 11) is 1.96. The third-order valence-corrected chi connectivity index (χ3v) is 5.13. The van der Waals surface area contributed by atoms with Crippen molar-refractivity contribution in [1.29, 1.82) is 0 Å². The first kappa shape index (κ1) is 12.6. The second-order valence-electron chi connectivity index (χ2n) is 5.57. The first-order valence-corrected chi connectivity index (χ1v) is 8.10. The van der Waals surface area contributed by atoms with Crippen LogP contribution in [0.3, 0.4) is 0 Å². The normalized spacial score (nSPS) is 20.3. The largest absolute Gasteiger partial charge is 0.372 e. The topological polar surface area (TPSA) is 37.8 Å². The summed E-state index contributed by atoms with van der Waals surface area (Å²) >= 11 is 2.41. The summed E-state index contributed by atoms with van der Waals surface area (Å²) in [5.41, 5.74) is 1.31. The molecule has 0 bridgehead atoms. The molecule has 2 saturated carbocycles. The molecule has 98 valence electrons. The lowest BCUT2D eigenvalue weighted by Crippen LogP contribution is -2.10. The van der Waals surface area contributed by atoms with Gasteiger partial charge in [-0.2, -0.15) is 0 Å². The van der Waals surface area contributed by atoms with E-state index in [1.807, 2.05) is 7.05 Å². The van der Waals surface area contributed by atoms with Gasteiger partial charge in [0.15, 0.2) is 0 Å². The average Bonchev–Trinajstić information content (AvgIpc) is 3.02. The predicted molar refractivity (Wildman–Crippen MR) is 81.9 cm³/mol. The van der Waals surface area contributed by atoms with Gasteiger partial charge in [0.25, 0.3) is 0 Å². The number of hydrogen-bond donors (Lipinski definition) is 1. The molecule has 1 aromatic rings. The summed E-state index contributed by atoms with van der Waals surface area (Å²) in [5, 5.41) is 3.23. The van der Waals surface area contributed by atoms with Gasteiger partial charge in [-0.25, -0.2) is 9.97 Å². The minimum atomic E-state index is 0.671. The number of aromatic nitrogens is 2. The van der Waals surface area contributed by atoms with Crippen LogP contribution in [0, 0.1) is 9.49 Å². The van der Waals surface area contributed by atoms with Crippen LogP contribution in [0.15, 0.2) is 0 Å². The van der Waals surface area contributed by atoms with Crippen LogP contribution in [-0.2, 0) is 6.42 Å². The molecule has 4 heteroatoms. The Bertz CT molecular complexity index is 437. The van der Waals surface area contributed by atoms with Crippen molar-refractivity contribution >= 4 is 28.4 Å². The van der Waals surface area contributed by atoms with Gasteiger partial charge in [0.05, 0.1) is 9.26 Å². The molecule has 18 heavy (non-hydrogen) atoms. The van der Waals surface area contributed by atoms with E-state index in [9.17, 15) is 0 Å². The molecule has 0 aliphatic heterocycles. The Morgan fingerprint density at radius 2 is 1.89 bits per heavy atom. The van der Waals surface area contributed by atoms with Gasteiger partial charge in [0.1, 0.15) is 11.6 Å². The average molecular weight is 357 g/mol. The van der Waals surface area contributed by atoms with Gasteiger partial charge in [0.2, 0.25) is 0 Å². The highest BCUT2D eigenvalue weighted by molar-refractivity contribution is 14.1. The second-order valence-corrected chi connectivity index (χ2v) is 6.65. The zero-order valence-electron chi connectivity index (χ0n) is 10.9. The maximum atomic E-state index is 4.88. The Labute approximate surface area is 122 Å². The van der Waals surface area contributed by atoms with Crippen molar-refractivity contribution in [3.63, 3.8) is 0 Å². The lowest BCUT2D eigenvalue weighted by atomic mass is 10.0. The van der Waals surface area contributed by atoms with Gasteiger partial charge < -0.3 is 5.32 Å². The van der Waals surface area contributed by atoms with Gasteiger partial charge in [-0.05, 0) is 54.2 Å². The highest BCUT2D eigenvalue weighted by Gasteiger charge is 2.26. The van der Waals surface area contributed by atoms with E-state index in [4.69, 9.17) is 4.98 Å². The molecule has 1 heterocycles. The predicted octanol–water partition coefficient (Wildman–Crippen LogP) is 3.73. The number of halogens is 1. The third-order valence-electron chi connectivity index (χ3n) is 4.07. The van der Waals surface area contributed by atoms with Crippen LogP contribution in [0.5, 0.6) is 0 Å². The van der Waals surface area contributed by atoms with Crippen LogP contribution in [-0.4, -0.2) is 17.0 Å². The van der Waals surface area contributed by atoms with Crippen molar-refractivity contribution in [2.75, 3.05) is 12.4 Å². The van der Waals surface area contributed by atoms with Gasteiger partial charge in [-0.15, -0.1) is 0 Å². The quantitative estimate of drug-likeness (QED) is 0.835. The van der Waals surface area contributed by atoms with E-state index in [0.717, 1.165) is 24.0 Å². The third kappa shape index (κ3) is 2.63. The fraction of sp³-hybridized carbons (Fsp3) is 0.714. The van der Waals surface area contributed by atoms with E-state index < -0.39 is 0 Å². The number of nitrogens with one attached hydrogen (secondary N) is 1. The fourth-order valence-corrected chi connectivity index (χ4v) is 3.77. The molecular weight excluding hydrogens is 337 g/mol. The minimum absolute atomic E-state index is 0.671. The van der Waals surface area contributed by atoms with Gasteiger partial charge in [0, 0.05) is 19.4 Å². The molecule has 0 aromatic carbocycles. The summed E-state index contributed by atoms with van der Waals surface area (Å²) in [5.74, 6) is 3.61. The smallest absolute Gasteiger partial charge is 0.143 e. The summed E-state index contributed by atoms with van der Waals surface area (Å²) in [4.78, 5) is 9.56. The number of rotatable bonds is 4. The van der Waals surface area contributed by atoms with Gasteiger partial charge >= 0.3 is 0 Å². The molecule has 0 saturated heterocycles. The van der Waals surface area contributed by atoms with Crippen molar-refractivity contribution < 1.29 is 0 Å². The molecule has 3 nitrogen and oxygen atoms in total. The van der Waals surface area contributed by atoms with Crippen molar-refractivity contribution in [1.82, 2.24) is 9.97 Å². The van der Waals surface area contributed by atoms with Crippen LogP contribution in [0.2, 0.25) is 0 Å². The van der Waals surface area contributed by atoms with E-state index >= 15 is 0 Å². The van der Waals surface area contributed by atoms with E-state index in [-0.39, 0.29) is 0 Å². The highest BCUT2D eigenvalue weighted by atomic mass is 127. The van der Waals surface area contributed by atoms with Crippen LogP contribution < -0.4 is 5.32 Å². The van der Waals surface area contributed by atoms with Crippen LogP contribution in [0.1, 0.15) is 56.0 Å².